The lowest BCUT2D eigenvalue weighted by atomic mass is 10.1. The molecule has 2 atom stereocenters. The first kappa shape index (κ1) is 14.8. The second-order valence-corrected chi connectivity index (χ2v) is 5.40. The predicted molar refractivity (Wildman–Crippen MR) is 77.0 cm³/mol. The van der Waals surface area contributed by atoms with E-state index in [0.29, 0.717) is 24.4 Å². The van der Waals surface area contributed by atoms with Crippen LogP contribution in [0.2, 0.25) is 0 Å². The molecule has 0 heterocycles. The number of ether oxygens (including phenoxy) is 1. The summed E-state index contributed by atoms with van der Waals surface area (Å²) in [6.45, 7) is 5.78. The van der Waals surface area contributed by atoms with Crippen molar-refractivity contribution in [1.29, 1.82) is 0 Å². The Morgan fingerprint density at radius 2 is 1.94 bits per heavy atom. The van der Waals surface area contributed by atoms with Gasteiger partial charge in [0.25, 0.3) is 0 Å². The molecule has 1 rings (SSSR count). The highest BCUT2D eigenvalue weighted by molar-refractivity contribution is 9.10. The van der Waals surface area contributed by atoms with Crippen LogP contribution in [0.1, 0.15) is 13.8 Å². The lowest BCUT2D eigenvalue weighted by Crippen LogP contribution is -2.35. The first-order valence-corrected chi connectivity index (χ1v) is 7.14. The van der Waals surface area contributed by atoms with E-state index in [1.807, 2.05) is 24.3 Å². The van der Waals surface area contributed by atoms with Crippen molar-refractivity contribution in [3.8, 4) is 5.75 Å². The molecule has 0 fully saturated rings. The van der Waals surface area contributed by atoms with Crippen LogP contribution in [0.4, 0.5) is 0 Å². The van der Waals surface area contributed by atoms with Gasteiger partial charge in [-0.25, -0.2) is 0 Å². The van der Waals surface area contributed by atoms with Crippen LogP contribution in [-0.4, -0.2) is 25.1 Å². The van der Waals surface area contributed by atoms with E-state index in [0.717, 1.165) is 16.8 Å². The minimum Gasteiger partial charge on any atom is -0.492 e. The largest absolute Gasteiger partial charge is 0.492 e. The van der Waals surface area contributed by atoms with E-state index in [-0.39, 0.29) is 0 Å². The van der Waals surface area contributed by atoms with Crippen LogP contribution < -0.4 is 10.1 Å². The number of halogens is 2. The zero-order valence-electron chi connectivity index (χ0n) is 10.2. The van der Waals surface area contributed by atoms with Crippen molar-refractivity contribution < 1.29 is 4.74 Å². The predicted octanol–water partition coefficient (Wildman–Crippen LogP) is 3.68. The molecule has 1 N–H and O–H groups in total. The number of hydrogen-bond donors (Lipinski definition) is 1. The highest BCUT2D eigenvalue weighted by Gasteiger charge is 2.09. The Morgan fingerprint density at radius 3 is 2.53 bits per heavy atom. The van der Waals surface area contributed by atoms with Crippen molar-refractivity contribution in [3.05, 3.63) is 28.7 Å². The highest BCUT2D eigenvalue weighted by atomic mass is 79.9. The van der Waals surface area contributed by atoms with E-state index in [1.165, 1.54) is 0 Å². The summed E-state index contributed by atoms with van der Waals surface area (Å²) in [7, 11) is 0. The molecule has 0 saturated carbocycles. The first-order valence-electron chi connectivity index (χ1n) is 5.81. The number of nitrogens with one attached hydrogen (secondary N) is 1. The summed E-state index contributed by atoms with van der Waals surface area (Å²) < 4.78 is 6.67. The molecule has 17 heavy (non-hydrogen) atoms. The maximum Gasteiger partial charge on any atom is 0.119 e. The van der Waals surface area contributed by atoms with Gasteiger partial charge in [0.2, 0.25) is 0 Å². The van der Waals surface area contributed by atoms with E-state index < -0.39 is 0 Å². The van der Waals surface area contributed by atoms with Gasteiger partial charge >= 0.3 is 0 Å². The van der Waals surface area contributed by atoms with Crippen LogP contribution in [0.3, 0.4) is 0 Å². The summed E-state index contributed by atoms with van der Waals surface area (Å²) in [4.78, 5) is 0. The minimum absolute atomic E-state index is 0.418. The number of rotatable bonds is 7. The van der Waals surface area contributed by atoms with Crippen LogP contribution in [0.5, 0.6) is 5.75 Å². The van der Waals surface area contributed by atoms with Crippen molar-refractivity contribution in [2.24, 2.45) is 5.92 Å². The molecule has 0 saturated heterocycles. The first-order chi connectivity index (χ1) is 8.13. The van der Waals surface area contributed by atoms with Gasteiger partial charge in [-0.2, -0.15) is 0 Å². The second kappa shape index (κ2) is 7.96. The summed E-state index contributed by atoms with van der Waals surface area (Å²) in [5.74, 6) is 2.05. The van der Waals surface area contributed by atoms with E-state index >= 15 is 0 Å². The third-order valence-electron chi connectivity index (χ3n) is 2.75. The maximum atomic E-state index is 5.79. The van der Waals surface area contributed by atoms with Crippen molar-refractivity contribution in [3.63, 3.8) is 0 Å². The average molecular weight is 321 g/mol. The molecule has 0 aromatic heterocycles. The summed E-state index contributed by atoms with van der Waals surface area (Å²) >= 11 is 9.18. The Balaban J connectivity index is 2.18. The van der Waals surface area contributed by atoms with Crippen LogP contribution in [0.25, 0.3) is 0 Å². The molecule has 0 amide bonds. The molecule has 2 nitrogen and oxygen atoms in total. The quantitative estimate of drug-likeness (QED) is 0.611. The number of hydrogen-bond acceptors (Lipinski definition) is 2. The molecule has 1 aromatic carbocycles. The van der Waals surface area contributed by atoms with Crippen molar-refractivity contribution in [2.45, 2.75) is 19.9 Å². The molecule has 0 bridgehead atoms. The van der Waals surface area contributed by atoms with E-state index in [2.05, 4.69) is 35.1 Å². The molecule has 1 aromatic rings. The Kier molecular flexibility index (Phi) is 6.93. The summed E-state index contributed by atoms with van der Waals surface area (Å²) in [5.41, 5.74) is 0. The van der Waals surface area contributed by atoms with Gasteiger partial charge in [0, 0.05) is 22.9 Å². The Hall–Kier alpha value is -0.250. The third kappa shape index (κ3) is 5.75. The standard InChI is InChI=1S/C13H19BrClNO/c1-10(9-15)11(2)16-7-8-17-13-5-3-12(14)4-6-13/h3-6,10-11,16H,7-9H2,1-2H3. The molecule has 0 radical (unpaired) electrons. The van der Waals surface area contributed by atoms with Gasteiger partial charge in [0.1, 0.15) is 12.4 Å². The topological polar surface area (TPSA) is 21.3 Å². The van der Waals surface area contributed by atoms with Crippen LogP contribution in [0.15, 0.2) is 28.7 Å². The van der Waals surface area contributed by atoms with Crippen LogP contribution in [0, 0.1) is 5.92 Å². The fourth-order valence-corrected chi connectivity index (χ4v) is 1.85. The molecule has 0 aliphatic heterocycles. The SMILES string of the molecule is CC(CCl)C(C)NCCOc1ccc(Br)cc1. The molecule has 4 heteroatoms. The van der Waals surface area contributed by atoms with Gasteiger partial charge in [-0.1, -0.05) is 22.9 Å². The van der Waals surface area contributed by atoms with Crippen molar-refractivity contribution in [2.75, 3.05) is 19.0 Å². The number of benzene rings is 1. The molecular formula is C13H19BrClNO. The van der Waals surface area contributed by atoms with Gasteiger partial charge in [0.15, 0.2) is 0 Å². The molecule has 2 unspecified atom stereocenters. The van der Waals surface area contributed by atoms with E-state index in [4.69, 9.17) is 16.3 Å². The average Bonchev–Trinajstić information content (AvgIpc) is 2.35. The van der Waals surface area contributed by atoms with Gasteiger partial charge in [0.05, 0.1) is 0 Å². The molecule has 0 spiro atoms. The van der Waals surface area contributed by atoms with Gasteiger partial charge in [-0.3, -0.25) is 0 Å². The van der Waals surface area contributed by atoms with E-state index in [9.17, 15) is 0 Å². The maximum absolute atomic E-state index is 5.79. The zero-order chi connectivity index (χ0) is 12.7. The normalized spacial score (nSPS) is 14.4. The van der Waals surface area contributed by atoms with Gasteiger partial charge in [-0.05, 0) is 37.1 Å². The lowest BCUT2D eigenvalue weighted by Gasteiger charge is -2.19. The Labute approximate surface area is 117 Å². The monoisotopic (exact) mass is 319 g/mol. The Bertz CT molecular complexity index is 318. The van der Waals surface area contributed by atoms with Crippen molar-refractivity contribution >= 4 is 27.5 Å². The van der Waals surface area contributed by atoms with Gasteiger partial charge < -0.3 is 10.1 Å². The van der Waals surface area contributed by atoms with E-state index in [1.54, 1.807) is 0 Å². The number of alkyl halides is 1. The third-order valence-corrected chi connectivity index (χ3v) is 3.76. The second-order valence-electron chi connectivity index (χ2n) is 4.18. The highest BCUT2D eigenvalue weighted by Crippen LogP contribution is 2.15. The molecule has 96 valence electrons. The smallest absolute Gasteiger partial charge is 0.119 e. The molecule has 0 aliphatic carbocycles. The van der Waals surface area contributed by atoms with Crippen LogP contribution >= 0.6 is 27.5 Å². The fourth-order valence-electron chi connectivity index (χ4n) is 1.32. The minimum atomic E-state index is 0.418. The van der Waals surface area contributed by atoms with Crippen LogP contribution in [-0.2, 0) is 0 Å². The zero-order valence-corrected chi connectivity index (χ0v) is 12.6. The summed E-state index contributed by atoms with van der Waals surface area (Å²) in [6, 6.07) is 8.27. The lowest BCUT2D eigenvalue weighted by molar-refractivity contribution is 0.297. The fraction of sp³-hybridized carbons (Fsp3) is 0.538. The molecular weight excluding hydrogens is 302 g/mol. The Morgan fingerprint density at radius 1 is 1.29 bits per heavy atom. The molecule has 0 aliphatic rings. The van der Waals surface area contributed by atoms with Crippen molar-refractivity contribution in [1.82, 2.24) is 5.32 Å². The van der Waals surface area contributed by atoms with Gasteiger partial charge in [-0.15, -0.1) is 11.6 Å². The summed E-state index contributed by atoms with van der Waals surface area (Å²) in [5, 5.41) is 3.40. The summed E-state index contributed by atoms with van der Waals surface area (Å²) in [6.07, 6.45) is 0.